The Balaban J connectivity index is 1.98. The van der Waals surface area contributed by atoms with Gasteiger partial charge in [-0.3, -0.25) is 4.72 Å². The van der Waals surface area contributed by atoms with Gasteiger partial charge in [0.25, 0.3) is 10.0 Å². The van der Waals surface area contributed by atoms with Crippen LogP contribution in [-0.2, 0) is 17.1 Å². The Hall–Kier alpha value is -2.47. The van der Waals surface area contributed by atoms with Crippen LogP contribution in [0.2, 0.25) is 5.02 Å². The van der Waals surface area contributed by atoms with Gasteiger partial charge in [-0.2, -0.15) is 5.26 Å². The lowest BCUT2D eigenvalue weighted by Gasteiger charge is -2.13. The zero-order valence-electron chi connectivity index (χ0n) is 13.5. The zero-order chi connectivity index (χ0) is 18.7. The normalized spacial score (nSPS) is 11.1. The Morgan fingerprint density at radius 1 is 1.27 bits per heavy atom. The van der Waals surface area contributed by atoms with Crippen molar-refractivity contribution >= 4 is 39.1 Å². The van der Waals surface area contributed by atoms with Crippen LogP contribution < -0.4 is 4.72 Å². The molecular weight excluding hydrogens is 392 g/mol. The smallest absolute Gasteiger partial charge is 0.263 e. The van der Waals surface area contributed by atoms with Crippen LogP contribution in [0.1, 0.15) is 5.56 Å². The van der Waals surface area contributed by atoms with Crippen LogP contribution in [0, 0.1) is 11.3 Å². The first kappa shape index (κ1) is 18.3. The van der Waals surface area contributed by atoms with Gasteiger partial charge >= 0.3 is 0 Å². The molecule has 0 aliphatic rings. The van der Waals surface area contributed by atoms with Gasteiger partial charge in [-0.25, -0.2) is 13.4 Å². The third-order valence-corrected chi connectivity index (χ3v) is 6.26. The minimum atomic E-state index is -3.99. The third kappa shape index (κ3) is 3.85. The maximum atomic E-state index is 12.8. The quantitative estimate of drug-likeness (QED) is 0.696. The van der Waals surface area contributed by atoms with E-state index in [0.29, 0.717) is 10.6 Å². The number of benzene rings is 2. The molecule has 0 saturated heterocycles. The molecule has 2 aromatic carbocycles. The Kier molecular flexibility index (Phi) is 5.23. The van der Waals surface area contributed by atoms with E-state index in [9.17, 15) is 13.7 Å². The number of hydrogen-bond acceptors (Lipinski definition) is 5. The van der Waals surface area contributed by atoms with Gasteiger partial charge in [0.05, 0.1) is 11.3 Å². The first-order valence-corrected chi connectivity index (χ1v) is 10.0. The molecule has 9 heteroatoms. The molecule has 0 amide bonds. The van der Waals surface area contributed by atoms with E-state index in [1.807, 2.05) is 23.8 Å². The molecule has 0 fully saturated rings. The van der Waals surface area contributed by atoms with Crippen molar-refractivity contribution in [3.8, 4) is 6.07 Å². The number of rotatable bonds is 5. The largest absolute Gasteiger partial charge is 0.329 e. The lowest BCUT2D eigenvalue weighted by molar-refractivity contribution is 0.601. The maximum absolute atomic E-state index is 12.8. The third-order valence-electron chi connectivity index (χ3n) is 3.46. The van der Waals surface area contributed by atoms with Crippen LogP contribution in [0.4, 0.5) is 5.69 Å². The van der Waals surface area contributed by atoms with E-state index in [0.717, 1.165) is 5.16 Å². The Labute approximate surface area is 160 Å². The Morgan fingerprint density at radius 3 is 2.73 bits per heavy atom. The topological polar surface area (TPSA) is 87.8 Å². The Bertz CT molecular complexity index is 1100. The average molecular weight is 405 g/mol. The highest BCUT2D eigenvalue weighted by molar-refractivity contribution is 7.99. The van der Waals surface area contributed by atoms with Crippen molar-refractivity contribution in [2.24, 2.45) is 7.05 Å². The molecule has 0 aliphatic heterocycles. The summed E-state index contributed by atoms with van der Waals surface area (Å²) < 4.78 is 30.0. The lowest BCUT2D eigenvalue weighted by atomic mass is 10.2. The van der Waals surface area contributed by atoms with Crippen LogP contribution in [0.25, 0.3) is 0 Å². The molecule has 6 nitrogen and oxygen atoms in total. The van der Waals surface area contributed by atoms with Gasteiger partial charge in [0.2, 0.25) is 0 Å². The highest BCUT2D eigenvalue weighted by atomic mass is 35.5. The molecule has 0 radical (unpaired) electrons. The molecule has 0 unspecified atom stereocenters. The summed E-state index contributed by atoms with van der Waals surface area (Å²) in [5.74, 6) is 0. The predicted molar refractivity (Wildman–Crippen MR) is 101 cm³/mol. The summed E-state index contributed by atoms with van der Waals surface area (Å²) in [7, 11) is -2.13. The number of hydrogen-bond donors (Lipinski definition) is 1. The zero-order valence-corrected chi connectivity index (χ0v) is 15.9. The fourth-order valence-electron chi connectivity index (χ4n) is 2.20. The number of para-hydroxylation sites is 1. The standard InChI is InChI=1S/C17H13ClN4O2S2/c1-22-9-8-20-17(22)25-15-5-3-2-4-14(15)21-26(23,24)16-10-13(18)7-6-12(16)11-19/h2-10,21H,1H3. The molecule has 0 bridgehead atoms. The minimum Gasteiger partial charge on any atom is -0.329 e. The van der Waals surface area contributed by atoms with E-state index in [1.165, 1.54) is 30.0 Å². The highest BCUT2D eigenvalue weighted by Gasteiger charge is 2.21. The van der Waals surface area contributed by atoms with Gasteiger partial charge in [-0.1, -0.05) is 23.7 Å². The summed E-state index contributed by atoms with van der Waals surface area (Å²) in [6.07, 6.45) is 3.47. The molecule has 1 heterocycles. The first-order valence-electron chi connectivity index (χ1n) is 7.37. The number of anilines is 1. The van der Waals surface area contributed by atoms with E-state index < -0.39 is 10.0 Å². The summed E-state index contributed by atoms with van der Waals surface area (Å²) in [5, 5.41) is 10.2. The van der Waals surface area contributed by atoms with Crippen molar-refractivity contribution in [1.29, 1.82) is 5.26 Å². The minimum absolute atomic E-state index is 0.0242. The summed E-state index contributed by atoms with van der Waals surface area (Å²) in [4.78, 5) is 4.76. The van der Waals surface area contributed by atoms with Crippen molar-refractivity contribution in [2.75, 3.05) is 4.72 Å². The average Bonchev–Trinajstić information content (AvgIpc) is 3.01. The summed E-state index contributed by atoms with van der Waals surface area (Å²) in [6.45, 7) is 0. The van der Waals surface area contributed by atoms with Crippen molar-refractivity contribution in [1.82, 2.24) is 9.55 Å². The monoisotopic (exact) mass is 404 g/mol. The van der Waals surface area contributed by atoms with Crippen LogP contribution >= 0.6 is 23.4 Å². The van der Waals surface area contributed by atoms with Crippen molar-refractivity contribution < 1.29 is 8.42 Å². The Morgan fingerprint density at radius 2 is 2.04 bits per heavy atom. The maximum Gasteiger partial charge on any atom is 0.263 e. The SMILES string of the molecule is Cn1ccnc1Sc1ccccc1NS(=O)(=O)c1cc(Cl)ccc1C#N. The molecule has 0 atom stereocenters. The molecule has 0 saturated carbocycles. The van der Waals surface area contributed by atoms with Crippen molar-refractivity contribution in [3.05, 3.63) is 65.4 Å². The van der Waals surface area contributed by atoms with Gasteiger partial charge in [0.1, 0.15) is 11.0 Å². The first-order chi connectivity index (χ1) is 12.4. The van der Waals surface area contributed by atoms with E-state index >= 15 is 0 Å². The van der Waals surface area contributed by atoms with Crippen LogP contribution in [0.3, 0.4) is 0 Å². The van der Waals surface area contributed by atoms with E-state index in [4.69, 9.17) is 11.6 Å². The van der Waals surface area contributed by atoms with Crippen LogP contribution in [0.15, 0.2) is 69.8 Å². The number of nitriles is 1. The lowest BCUT2D eigenvalue weighted by Crippen LogP contribution is -2.15. The fourth-order valence-corrected chi connectivity index (χ4v) is 4.65. The van der Waals surface area contributed by atoms with E-state index in [-0.39, 0.29) is 15.5 Å². The molecule has 0 aliphatic carbocycles. The number of halogens is 1. The number of aryl methyl sites for hydroxylation is 1. The van der Waals surface area contributed by atoms with Crippen LogP contribution in [-0.4, -0.2) is 18.0 Å². The molecule has 3 aromatic rings. The molecule has 132 valence electrons. The number of nitrogens with one attached hydrogen (secondary N) is 1. The second kappa shape index (κ2) is 7.41. The van der Waals surface area contributed by atoms with Gasteiger partial charge in [0.15, 0.2) is 5.16 Å². The van der Waals surface area contributed by atoms with Gasteiger partial charge in [-0.15, -0.1) is 0 Å². The van der Waals surface area contributed by atoms with Crippen LogP contribution in [0.5, 0.6) is 0 Å². The molecule has 1 N–H and O–H groups in total. The van der Waals surface area contributed by atoms with Gasteiger partial charge in [0, 0.05) is 29.4 Å². The summed E-state index contributed by atoms with van der Waals surface area (Å²) >= 11 is 7.24. The number of sulfonamides is 1. The number of nitrogens with zero attached hydrogens (tertiary/aromatic N) is 3. The predicted octanol–water partition coefficient (Wildman–Crippen LogP) is 3.90. The van der Waals surface area contributed by atoms with E-state index in [1.54, 1.807) is 30.6 Å². The van der Waals surface area contributed by atoms with Gasteiger partial charge in [-0.05, 0) is 42.1 Å². The molecular formula is C17H13ClN4O2S2. The number of aromatic nitrogens is 2. The molecule has 0 spiro atoms. The van der Waals surface area contributed by atoms with Gasteiger partial charge < -0.3 is 4.57 Å². The summed E-state index contributed by atoms with van der Waals surface area (Å²) in [5.41, 5.74) is 0.417. The summed E-state index contributed by atoms with van der Waals surface area (Å²) in [6, 6.07) is 13.0. The molecule has 1 aromatic heterocycles. The molecule has 26 heavy (non-hydrogen) atoms. The van der Waals surface area contributed by atoms with E-state index in [2.05, 4.69) is 9.71 Å². The second-order valence-electron chi connectivity index (χ2n) is 5.28. The number of imidazole rings is 1. The van der Waals surface area contributed by atoms with Crippen molar-refractivity contribution in [2.45, 2.75) is 14.9 Å². The fraction of sp³-hybridized carbons (Fsp3) is 0.0588. The second-order valence-corrected chi connectivity index (χ2v) is 8.37. The highest BCUT2D eigenvalue weighted by Crippen LogP contribution is 2.33. The van der Waals surface area contributed by atoms with Crippen molar-refractivity contribution in [3.63, 3.8) is 0 Å². The molecule has 3 rings (SSSR count).